The van der Waals surface area contributed by atoms with Crippen molar-refractivity contribution in [3.05, 3.63) is 81.4 Å². The summed E-state index contributed by atoms with van der Waals surface area (Å²) in [6.45, 7) is 5.58. The summed E-state index contributed by atoms with van der Waals surface area (Å²) < 4.78 is 5.93. The van der Waals surface area contributed by atoms with Crippen molar-refractivity contribution >= 4 is 51.4 Å². The number of rotatable bonds is 5. The Morgan fingerprint density at radius 3 is 2.59 bits per heavy atom. The molecule has 0 atom stereocenters. The van der Waals surface area contributed by atoms with Crippen LogP contribution in [0.5, 0.6) is 0 Å². The van der Waals surface area contributed by atoms with Gasteiger partial charge in [0.05, 0.1) is 4.92 Å². The fourth-order valence-electron chi connectivity index (χ4n) is 4.55. The van der Waals surface area contributed by atoms with Gasteiger partial charge in [0.25, 0.3) is 11.6 Å². The third kappa shape index (κ3) is 5.14. The van der Waals surface area contributed by atoms with Gasteiger partial charge >= 0.3 is 0 Å². The smallest absolute Gasteiger partial charge is 0.293 e. The van der Waals surface area contributed by atoms with Crippen LogP contribution in [0, 0.1) is 24.0 Å². The molecule has 0 spiro atoms. The maximum Gasteiger partial charge on any atom is 0.293 e. The first-order chi connectivity index (χ1) is 17.8. The van der Waals surface area contributed by atoms with Gasteiger partial charge in [-0.3, -0.25) is 20.2 Å². The SMILES string of the molecule is Cc1ccc(-c2nc3cc(NC(=S)NC(=O)c4ccc(N5CCCC5)c([N+](=O)[O-])c4)ccc3o2)c(C)c1. The molecule has 188 valence electrons. The number of fused-ring (bicyclic) bond motifs is 1. The van der Waals surface area contributed by atoms with Crippen molar-refractivity contribution in [1.29, 1.82) is 0 Å². The van der Waals surface area contributed by atoms with Gasteiger partial charge in [-0.2, -0.15) is 0 Å². The minimum absolute atomic E-state index is 0.0636. The number of nitrogens with one attached hydrogen (secondary N) is 2. The number of carbonyl (C=O) groups excluding carboxylic acids is 1. The largest absolute Gasteiger partial charge is 0.436 e. The third-order valence-electron chi connectivity index (χ3n) is 6.37. The molecule has 1 fully saturated rings. The molecular formula is C27H25N5O4S. The standard InChI is InChI=1S/C27H25N5O4S/c1-16-5-8-20(17(2)13-16)26-29-21-15-19(7-10-24(21)36-26)28-27(37)30-25(33)18-6-9-22(23(14-18)32(34)35)31-11-3-4-12-31/h5-10,13-15H,3-4,11-12H2,1-2H3,(H2,28,30,33,37). The molecular weight excluding hydrogens is 490 g/mol. The second-order valence-corrected chi connectivity index (χ2v) is 9.49. The minimum atomic E-state index is -0.534. The number of nitrogens with zero attached hydrogens (tertiary/aromatic N) is 3. The van der Waals surface area contributed by atoms with E-state index in [0.717, 1.165) is 42.6 Å². The number of nitro groups is 1. The molecule has 1 amide bonds. The van der Waals surface area contributed by atoms with Crippen LogP contribution in [0.2, 0.25) is 0 Å². The summed E-state index contributed by atoms with van der Waals surface area (Å²) >= 11 is 5.31. The topological polar surface area (TPSA) is 114 Å². The van der Waals surface area contributed by atoms with Gasteiger partial charge in [0, 0.05) is 36.0 Å². The van der Waals surface area contributed by atoms with Gasteiger partial charge in [0.15, 0.2) is 10.7 Å². The molecule has 1 aromatic heterocycles. The zero-order valence-corrected chi connectivity index (χ0v) is 21.2. The lowest BCUT2D eigenvalue weighted by atomic mass is 10.1. The van der Waals surface area contributed by atoms with Crippen LogP contribution >= 0.6 is 12.2 Å². The maximum atomic E-state index is 12.8. The van der Waals surface area contributed by atoms with E-state index < -0.39 is 10.8 Å². The highest BCUT2D eigenvalue weighted by molar-refractivity contribution is 7.80. The molecule has 0 unspecified atom stereocenters. The van der Waals surface area contributed by atoms with Crippen molar-refractivity contribution < 1.29 is 14.1 Å². The Morgan fingerprint density at radius 1 is 1.08 bits per heavy atom. The van der Waals surface area contributed by atoms with E-state index in [0.29, 0.717) is 28.4 Å². The number of amides is 1. The average molecular weight is 516 g/mol. The van der Waals surface area contributed by atoms with E-state index in [-0.39, 0.29) is 16.4 Å². The summed E-state index contributed by atoms with van der Waals surface area (Å²) in [7, 11) is 0. The van der Waals surface area contributed by atoms with Gasteiger partial charge in [0.1, 0.15) is 11.2 Å². The molecule has 1 aliphatic rings. The zero-order valence-electron chi connectivity index (χ0n) is 20.4. The van der Waals surface area contributed by atoms with Gasteiger partial charge in [-0.15, -0.1) is 0 Å². The summed E-state index contributed by atoms with van der Waals surface area (Å²) in [5.74, 6) is -0.00674. The third-order valence-corrected chi connectivity index (χ3v) is 6.57. The molecule has 1 aliphatic heterocycles. The molecule has 1 saturated heterocycles. The molecule has 0 aliphatic carbocycles. The van der Waals surface area contributed by atoms with Crippen molar-refractivity contribution in [2.75, 3.05) is 23.3 Å². The number of anilines is 2. The van der Waals surface area contributed by atoms with Crippen molar-refractivity contribution in [3.8, 4) is 11.5 Å². The van der Waals surface area contributed by atoms with E-state index in [1.165, 1.54) is 6.07 Å². The van der Waals surface area contributed by atoms with E-state index in [1.807, 2.05) is 30.9 Å². The van der Waals surface area contributed by atoms with Gasteiger partial charge < -0.3 is 14.6 Å². The van der Waals surface area contributed by atoms with Gasteiger partial charge in [-0.1, -0.05) is 17.7 Å². The number of benzene rings is 3. The molecule has 9 nitrogen and oxygen atoms in total. The lowest BCUT2D eigenvalue weighted by molar-refractivity contribution is -0.384. The van der Waals surface area contributed by atoms with Crippen LogP contribution in [0.15, 0.2) is 59.0 Å². The van der Waals surface area contributed by atoms with Crippen LogP contribution in [-0.2, 0) is 0 Å². The van der Waals surface area contributed by atoms with Crippen LogP contribution in [0.1, 0.15) is 34.3 Å². The molecule has 3 aromatic carbocycles. The molecule has 10 heteroatoms. The Morgan fingerprint density at radius 2 is 1.86 bits per heavy atom. The number of hydrogen-bond donors (Lipinski definition) is 2. The summed E-state index contributed by atoms with van der Waals surface area (Å²) in [4.78, 5) is 30.5. The highest BCUT2D eigenvalue weighted by Gasteiger charge is 2.24. The minimum Gasteiger partial charge on any atom is -0.436 e. The van der Waals surface area contributed by atoms with Crippen LogP contribution in [0.25, 0.3) is 22.6 Å². The number of carbonyl (C=O) groups is 1. The molecule has 5 rings (SSSR count). The molecule has 2 heterocycles. The van der Waals surface area contributed by atoms with Gasteiger partial charge in [-0.25, -0.2) is 4.98 Å². The van der Waals surface area contributed by atoms with Crippen molar-refractivity contribution in [1.82, 2.24) is 10.3 Å². The summed E-state index contributed by atoms with van der Waals surface area (Å²) in [5.41, 5.74) is 5.63. The van der Waals surface area contributed by atoms with Crippen LogP contribution in [0.4, 0.5) is 17.1 Å². The number of aromatic nitrogens is 1. The van der Waals surface area contributed by atoms with Crippen LogP contribution in [-0.4, -0.2) is 34.0 Å². The highest BCUT2D eigenvalue weighted by atomic mass is 32.1. The first-order valence-electron chi connectivity index (χ1n) is 11.9. The Labute approximate surface area is 218 Å². The van der Waals surface area contributed by atoms with Gasteiger partial charge in [0.2, 0.25) is 5.89 Å². The first-order valence-corrected chi connectivity index (χ1v) is 12.3. The molecule has 2 N–H and O–H groups in total. The summed E-state index contributed by atoms with van der Waals surface area (Å²) in [6.07, 6.45) is 1.98. The lowest BCUT2D eigenvalue weighted by Crippen LogP contribution is -2.34. The molecule has 4 aromatic rings. The number of oxazole rings is 1. The molecule has 0 radical (unpaired) electrons. The average Bonchev–Trinajstić information content (AvgIpc) is 3.53. The Balaban J connectivity index is 1.29. The molecule has 0 bridgehead atoms. The normalized spacial score (nSPS) is 13.1. The predicted molar refractivity (Wildman–Crippen MR) is 147 cm³/mol. The van der Waals surface area contributed by atoms with Crippen molar-refractivity contribution in [2.45, 2.75) is 26.7 Å². The van der Waals surface area contributed by atoms with Crippen LogP contribution < -0.4 is 15.5 Å². The number of hydrogen-bond acceptors (Lipinski definition) is 7. The molecule has 37 heavy (non-hydrogen) atoms. The van der Waals surface area contributed by atoms with E-state index in [9.17, 15) is 14.9 Å². The van der Waals surface area contributed by atoms with E-state index >= 15 is 0 Å². The number of aryl methyl sites for hydroxylation is 2. The fraction of sp³-hybridized carbons (Fsp3) is 0.222. The first kappa shape index (κ1) is 24.4. The summed E-state index contributed by atoms with van der Waals surface area (Å²) in [5, 5.41) is 17.3. The monoisotopic (exact) mass is 515 g/mol. The highest BCUT2D eigenvalue weighted by Crippen LogP contribution is 2.32. The predicted octanol–water partition coefficient (Wildman–Crippen LogP) is 5.75. The van der Waals surface area contributed by atoms with Gasteiger partial charge in [-0.05, 0) is 80.9 Å². The zero-order chi connectivity index (χ0) is 26.1. The quantitative estimate of drug-likeness (QED) is 0.196. The summed E-state index contributed by atoms with van der Waals surface area (Å²) in [6, 6.07) is 15.9. The van der Waals surface area contributed by atoms with Crippen molar-refractivity contribution in [3.63, 3.8) is 0 Å². The molecule has 0 saturated carbocycles. The maximum absolute atomic E-state index is 12.8. The Hall–Kier alpha value is -4.31. The lowest BCUT2D eigenvalue weighted by Gasteiger charge is -2.18. The number of nitro benzene ring substituents is 1. The van der Waals surface area contributed by atoms with Crippen LogP contribution in [0.3, 0.4) is 0 Å². The van der Waals surface area contributed by atoms with Crippen molar-refractivity contribution in [2.24, 2.45) is 0 Å². The second kappa shape index (κ2) is 9.98. The Bertz CT molecular complexity index is 1540. The fourth-order valence-corrected chi connectivity index (χ4v) is 4.76. The van der Waals surface area contributed by atoms with E-state index in [1.54, 1.807) is 30.3 Å². The van der Waals surface area contributed by atoms with E-state index in [2.05, 4.69) is 21.7 Å². The number of thiocarbonyl (C=S) groups is 1. The second-order valence-electron chi connectivity index (χ2n) is 9.08. The Kier molecular flexibility index (Phi) is 6.58. The van der Waals surface area contributed by atoms with E-state index in [4.69, 9.17) is 16.6 Å².